The zero-order valence-electron chi connectivity index (χ0n) is 17.6. The van der Waals surface area contributed by atoms with Crippen LogP contribution < -0.4 is 10.2 Å². The van der Waals surface area contributed by atoms with Crippen LogP contribution in [-0.2, 0) is 0 Å². The van der Waals surface area contributed by atoms with Gasteiger partial charge >= 0.3 is 0 Å². The molecule has 1 heterocycles. The predicted octanol–water partition coefficient (Wildman–Crippen LogP) is 5.54. The second kappa shape index (κ2) is 8.68. The molecule has 1 N–H and O–H groups in total. The average molecular weight is 421 g/mol. The minimum atomic E-state index is -0.0680. The molecule has 3 atom stereocenters. The van der Waals surface area contributed by atoms with Crippen molar-refractivity contribution in [1.29, 1.82) is 0 Å². The Balaban J connectivity index is 1.65. The van der Waals surface area contributed by atoms with Gasteiger partial charge in [-0.15, -0.1) is 6.58 Å². The fourth-order valence-corrected chi connectivity index (χ4v) is 5.47. The Morgan fingerprint density at radius 1 is 1.20 bits per heavy atom. The highest BCUT2D eigenvalue weighted by atomic mass is 32.2. The summed E-state index contributed by atoms with van der Waals surface area (Å²) in [6.07, 6.45) is 5.12. The molecule has 0 aromatic heterocycles. The van der Waals surface area contributed by atoms with Crippen LogP contribution in [0, 0.1) is 11.8 Å². The van der Waals surface area contributed by atoms with Gasteiger partial charge in [0.25, 0.3) is 11.8 Å². The molecular weight excluding hydrogens is 392 g/mol. The minimum Gasteiger partial charge on any atom is -0.349 e. The first kappa shape index (κ1) is 20.7. The third-order valence-electron chi connectivity index (χ3n) is 6.43. The van der Waals surface area contributed by atoms with Gasteiger partial charge in [-0.05, 0) is 48.6 Å². The molecule has 2 aliphatic rings. The molecule has 4 rings (SSSR count). The number of nitrogens with zero attached hydrogens (tertiary/aromatic N) is 1. The second-order valence-corrected chi connectivity index (χ2v) is 9.42. The fraction of sp³-hybridized carbons (Fsp3) is 0.360. The van der Waals surface area contributed by atoms with Crippen LogP contribution in [0.5, 0.6) is 0 Å². The van der Waals surface area contributed by atoms with E-state index in [1.807, 2.05) is 42.5 Å². The molecule has 0 saturated heterocycles. The van der Waals surface area contributed by atoms with Crippen LogP contribution in [0.3, 0.4) is 0 Å². The quantitative estimate of drug-likeness (QED) is 0.661. The number of amides is 2. The van der Waals surface area contributed by atoms with Gasteiger partial charge in [0.15, 0.2) is 0 Å². The Hall–Kier alpha value is -2.53. The topological polar surface area (TPSA) is 49.4 Å². The molecular formula is C25H28N2O2S. The van der Waals surface area contributed by atoms with Crippen molar-refractivity contribution in [3.63, 3.8) is 0 Å². The van der Waals surface area contributed by atoms with Gasteiger partial charge in [0, 0.05) is 27.9 Å². The highest BCUT2D eigenvalue weighted by Gasteiger charge is 2.30. The van der Waals surface area contributed by atoms with Gasteiger partial charge in [0.2, 0.25) is 0 Å². The number of hydrogen-bond donors (Lipinski definition) is 1. The number of fused-ring (bicyclic) bond motifs is 2. The van der Waals surface area contributed by atoms with Crippen molar-refractivity contribution < 1.29 is 9.59 Å². The highest BCUT2D eigenvalue weighted by Crippen LogP contribution is 2.41. The van der Waals surface area contributed by atoms with E-state index in [1.165, 1.54) is 6.42 Å². The number of anilines is 1. The standard InChI is InChI=1S/C25H28N2O2S/c1-4-14-27-21-15-18(24(28)26-20-10-7-8-16(2)17(20)3)12-13-23(21)30-22-11-6-5-9-19(22)25(27)29/h4-6,9,11-13,15-17,20H,1,7-8,10,14H2,2-3H3,(H,26,28)/t16-,17-,20+/m0/s1. The van der Waals surface area contributed by atoms with Crippen LogP contribution in [0.1, 0.15) is 53.8 Å². The molecule has 1 aliphatic heterocycles. The summed E-state index contributed by atoms with van der Waals surface area (Å²) >= 11 is 1.56. The van der Waals surface area contributed by atoms with E-state index in [1.54, 1.807) is 22.7 Å². The molecule has 0 bridgehead atoms. The smallest absolute Gasteiger partial charge is 0.259 e. The van der Waals surface area contributed by atoms with Gasteiger partial charge in [-0.3, -0.25) is 9.59 Å². The van der Waals surface area contributed by atoms with Crippen LogP contribution >= 0.6 is 11.8 Å². The summed E-state index contributed by atoms with van der Waals surface area (Å²) in [5.41, 5.74) is 2.03. The summed E-state index contributed by atoms with van der Waals surface area (Å²) in [4.78, 5) is 29.9. The van der Waals surface area contributed by atoms with Crippen molar-refractivity contribution in [2.45, 2.75) is 48.9 Å². The second-order valence-electron chi connectivity index (χ2n) is 8.33. The van der Waals surface area contributed by atoms with Crippen molar-refractivity contribution in [3.05, 3.63) is 66.2 Å². The number of nitrogens with one attached hydrogen (secondary N) is 1. The summed E-state index contributed by atoms with van der Waals surface area (Å²) in [7, 11) is 0. The lowest BCUT2D eigenvalue weighted by atomic mass is 9.78. The molecule has 4 nitrogen and oxygen atoms in total. The molecule has 2 aromatic rings. The number of rotatable bonds is 4. The van der Waals surface area contributed by atoms with Crippen LogP contribution in [-0.4, -0.2) is 24.4 Å². The maximum atomic E-state index is 13.2. The SMILES string of the molecule is C=CCN1C(=O)c2ccccc2Sc2ccc(C(=O)N[C@@H]3CCC[C@H](C)[C@@H]3C)cc21. The van der Waals surface area contributed by atoms with Crippen molar-refractivity contribution in [3.8, 4) is 0 Å². The first-order valence-electron chi connectivity index (χ1n) is 10.6. The Morgan fingerprint density at radius 3 is 2.80 bits per heavy atom. The molecule has 5 heteroatoms. The molecule has 0 radical (unpaired) electrons. The number of hydrogen-bond acceptors (Lipinski definition) is 3. The molecule has 30 heavy (non-hydrogen) atoms. The van der Waals surface area contributed by atoms with Crippen molar-refractivity contribution >= 4 is 29.3 Å². The molecule has 2 amide bonds. The predicted molar refractivity (Wildman–Crippen MR) is 122 cm³/mol. The molecule has 0 spiro atoms. The van der Waals surface area contributed by atoms with E-state index >= 15 is 0 Å². The van der Waals surface area contributed by atoms with Gasteiger partial charge in [-0.1, -0.05) is 56.7 Å². The van der Waals surface area contributed by atoms with Crippen LogP contribution in [0.25, 0.3) is 0 Å². The van der Waals surface area contributed by atoms with Crippen LogP contribution in [0.2, 0.25) is 0 Å². The van der Waals surface area contributed by atoms with E-state index in [-0.39, 0.29) is 17.9 Å². The maximum absolute atomic E-state index is 13.2. The fourth-order valence-electron chi connectivity index (χ4n) is 4.41. The van der Waals surface area contributed by atoms with Gasteiger partial charge in [0.05, 0.1) is 11.3 Å². The first-order chi connectivity index (χ1) is 14.5. The Kier molecular flexibility index (Phi) is 6.00. The van der Waals surface area contributed by atoms with Crippen molar-refractivity contribution in [1.82, 2.24) is 5.32 Å². The zero-order valence-corrected chi connectivity index (χ0v) is 18.4. The Bertz CT molecular complexity index is 987. The maximum Gasteiger partial charge on any atom is 0.259 e. The van der Waals surface area contributed by atoms with Gasteiger partial charge in [-0.25, -0.2) is 0 Å². The lowest BCUT2D eigenvalue weighted by molar-refractivity contribution is 0.0890. The van der Waals surface area contributed by atoms with E-state index in [0.717, 1.165) is 28.3 Å². The van der Waals surface area contributed by atoms with Gasteiger partial charge in [-0.2, -0.15) is 0 Å². The van der Waals surface area contributed by atoms with Gasteiger partial charge in [0.1, 0.15) is 0 Å². The monoisotopic (exact) mass is 420 g/mol. The van der Waals surface area contributed by atoms with E-state index in [4.69, 9.17) is 0 Å². The van der Waals surface area contributed by atoms with Crippen molar-refractivity contribution in [2.75, 3.05) is 11.4 Å². The molecule has 1 saturated carbocycles. The molecule has 1 aliphatic carbocycles. The Morgan fingerprint density at radius 2 is 2.00 bits per heavy atom. The van der Waals surface area contributed by atoms with Crippen LogP contribution in [0.4, 0.5) is 5.69 Å². The van der Waals surface area contributed by atoms with E-state index in [9.17, 15) is 9.59 Å². The number of carbonyl (C=O) groups is 2. The lowest BCUT2D eigenvalue weighted by Gasteiger charge is -2.34. The normalized spacial score (nSPS) is 23.2. The third-order valence-corrected chi connectivity index (χ3v) is 7.57. The van der Waals surface area contributed by atoms with E-state index in [2.05, 4.69) is 25.7 Å². The molecule has 0 unspecified atom stereocenters. The largest absolute Gasteiger partial charge is 0.349 e. The summed E-state index contributed by atoms with van der Waals surface area (Å²) < 4.78 is 0. The third kappa shape index (κ3) is 3.91. The Labute approximate surface area is 182 Å². The number of carbonyl (C=O) groups excluding carboxylic acids is 2. The average Bonchev–Trinajstić information content (AvgIpc) is 2.86. The lowest BCUT2D eigenvalue weighted by Crippen LogP contribution is -2.43. The molecule has 1 fully saturated rings. The minimum absolute atomic E-state index is 0.0657. The summed E-state index contributed by atoms with van der Waals surface area (Å²) in [6.45, 7) is 8.70. The summed E-state index contributed by atoms with van der Waals surface area (Å²) in [5.74, 6) is 0.949. The van der Waals surface area contributed by atoms with Gasteiger partial charge < -0.3 is 10.2 Å². The summed E-state index contributed by atoms with van der Waals surface area (Å²) in [5, 5.41) is 3.24. The van der Waals surface area contributed by atoms with E-state index < -0.39 is 0 Å². The molecule has 156 valence electrons. The van der Waals surface area contributed by atoms with E-state index in [0.29, 0.717) is 29.5 Å². The first-order valence-corrected chi connectivity index (χ1v) is 11.5. The van der Waals surface area contributed by atoms with Crippen LogP contribution in [0.15, 0.2) is 64.9 Å². The summed E-state index contributed by atoms with van der Waals surface area (Å²) in [6, 6.07) is 13.5. The van der Waals surface area contributed by atoms with Crippen molar-refractivity contribution in [2.24, 2.45) is 11.8 Å². The zero-order chi connectivity index (χ0) is 21.3. The number of benzene rings is 2. The molecule has 2 aromatic carbocycles. The highest BCUT2D eigenvalue weighted by molar-refractivity contribution is 7.99.